The summed E-state index contributed by atoms with van der Waals surface area (Å²) in [7, 11) is 1.36. The molecule has 2 N–H and O–H groups in total. The van der Waals surface area contributed by atoms with Gasteiger partial charge in [0.05, 0.1) is 40.7 Å². The van der Waals surface area contributed by atoms with Crippen LogP contribution in [0.5, 0.6) is 23.0 Å². The molecule has 1 aliphatic heterocycles. The Kier molecular flexibility index (Phi) is 19.6. The van der Waals surface area contributed by atoms with Gasteiger partial charge in [0.25, 0.3) is 17.5 Å². The second-order valence-corrected chi connectivity index (χ2v) is 18.5. The molecule has 4 amide bonds. The third-order valence-corrected chi connectivity index (χ3v) is 12.9. The summed E-state index contributed by atoms with van der Waals surface area (Å²) in [5, 5.41) is 29.8. The van der Waals surface area contributed by atoms with Crippen molar-refractivity contribution in [1.29, 1.82) is 0 Å². The number of imide groups is 1. The number of benzene rings is 5. The zero-order chi connectivity index (χ0) is 50.8. The molecule has 0 aliphatic carbocycles. The Morgan fingerprint density at radius 1 is 0.746 bits per heavy atom. The summed E-state index contributed by atoms with van der Waals surface area (Å²) in [6.45, 7) is 6.07. The SMILES string of the molecule is CCCCCCCCCCCCCCOc1ccccc1NC(=O)c1cc(Oc2ccc([N+](=O)[O-])cc2N(C)C(=O)N2C(=O)C(C)(COC(=O)CCCCC)CN2c2ccccc2)c2ccccc2c1O. The minimum atomic E-state index is -1.34. The van der Waals surface area contributed by atoms with Gasteiger partial charge in [0.1, 0.15) is 29.3 Å². The average Bonchev–Trinajstić information content (AvgIpc) is 3.65. The Morgan fingerprint density at radius 2 is 1.35 bits per heavy atom. The molecule has 1 unspecified atom stereocenters. The van der Waals surface area contributed by atoms with Gasteiger partial charge in [0, 0.05) is 36.4 Å². The molecule has 378 valence electrons. The van der Waals surface area contributed by atoms with E-state index in [4.69, 9.17) is 14.2 Å². The monoisotopic (exact) mass is 972 g/mol. The fourth-order valence-corrected chi connectivity index (χ4v) is 8.70. The van der Waals surface area contributed by atoms with E-state index in [1.807, 2.05) is 13.0 Å². The third-order valence-electron chi connectivity index (χ3n) is 12.9. The highest BCUT2D eigenvalue weighted by molar-refractivity contribution is 6.12. The molecule has 0 radical (unpaired) electrons. The van der Waals surface area contributed by atoms with Crippen molar-refractivity contribution in [3.05, 3.63) is 119 Å². The molecule has 6 rings (SSSR count). The number of anilines is 3. The Balaban J connectivity index is 1.21. The highest BCUT2D eigenvalue weighted by Crippen LogP contribution is 2.43. The normalized spacial score (nSPS) is 14.4. The van der Waals surface area contributed by atoms with E-state index < -0.39 is 34.2 Å². The number of urea groups is 1. The molecule has 5 aromatic rings. The zero-order valence-electron chi connectivity index (χ0n) is 41.7. The Labute approximate surface area is 417 Å². The lowest BCUT2D eigenvalue weighted by atomic mass is 9.92. The number of non-ortho nitro benzene ring substituents is 1. The van der Waals surface area contributed by atoms with Crippen molar-refractivity contribution in [2.45, 2.75) is 124 Å². The van der Waals surface area contributed by atoms with Gasteiger partial charge in [0.2, 0.25) is 0 Å². The number of fused-ring (bicyclic) bond motifs is 1. The second kappa shape index (κ2) is 26.2. The average molecular weight is 972 g/mol. The number of carbonyl (C=O) groups is 4. The largest absolute Gasteiger partial charge is 0.506 e. The lowest BCUT2D eigenvalue weighted by molar-refractivity contribution is -0.384. The number of nitro groups is 1. The van der Waals surface area contributed by atoms with Crippen molar-refractivity contribution >= 4 is 57.3 Å². The van der Waals surface area contributed by atoms with Crippen LogP contribution in [-0.2, 0) is 14.3 Å². The molecule has 71 heavy (non-hydrogen) atoms. The topological polar surface area (TPSA) is 181 Å². The molecular weight excluding hydrogens is 903 g/mol. The van der Waals surface area contributed by atoms with Gasteiger partial charge in [0.15, 0.2) is 5.75 Å². The van der Waals surface area contributed by atoms with E-state index in [0.717, 1.165) is 48.1 Å². The Bertz CT molecular complexity index is 2610. The first kappa shape index (κ1) is 53.2. The molecule has 0 aromatic heterocycles. The van der Waals surface area contributed by atoms with Crippen LogP contribution in [0.2, 0.25) is 0 Å². The first-order valence-corrected chi connectivity index (χ1v) is 25.2. The number of unbranched alkanes of at least 4 members (excludes halogenated alkanes) is 13. The van der Waals surface area contributed by atoms with E-state index in [1.54, 1.807) is 79.7 Å². The predicted molar refractivity (Wildman–Crippen MR) is 277 cm³/mol. The standard InChI is InChI=1S/C56H69N5O10/c1-5-7-9-10-11-12-13-14-15-16-17-26-36-69-48-32-25-24-31-46(48)57-53(64)45-38-50(43-29-22-23-30-44(43)52(45)63)71-49-35-34-42(61(67)68)37-47(49)58(4)55(66)60-54(65)56(3,40-70-51(62)33-19-8-6-2)39-59(60)41-27-20-18-21-28-41/h18,20-25,27-32,34-35,37-38,63H,5-17,19,26,33,36,39-40H2,1-4H3,(H,57,64). The molecule has 15 heteroatoms. The van der Waals surface area contributed by atoms with Crippen LogP contribution in [0, 0.1) is 15.5 Å². The van der Waals surface area contributed by atoms with Gasteiger partial charge in [-0.2, -0.15) is 5.01 Å². The Hall–Kier alpha value is -7.16. The number of rotatable bonds is 27. The van der Waals surface area contributed by atoms with Crippen LogP contribution in [0.15, 0.2) is 103 Å². The number of ether oxygens (including phenoxy) is 3. The van der Waals surface area contributed by atoms with Crippen LogP contribution in [0.1, 0.15) is 134 Å². The number of carbonyl (C=O) groups excluding carboxylic acids is 4. The summed E-state index contributed by atoms with van der Waals surface area (Å²) >= 11 is 0. The zero-order valence-corrected chi connectivity index (χ0v) is 41.7. The maximum atomic E-state index is 14.8. The fourth-order valence-electron chi connectivity index (χ4n) is 8.70. The lowest BCUT2D eigenvalue weighted by Crippen LogP contribution is -2.50. The van der Waals surface area contributed by atoms with E-state index in [1.165, 1.54) is 88.0 Å². The van der Waals surface area contributed by atoms with E-state index in [2.05, 4.69) is 12.2 Å². The lowest BCUT2D eigenvalue weighted by Gasteiger charge is -2.31. The number of hydrazine groups is 1. The molecule has 0 spiro atoms. The second-order valence-electron chi connectivity index (χ2n) is 18.5. The van der Waals surface area contributed by atoms with E-state index >= 15 is 0 Å². The molecule has 5 aromatic carbocycles. The van der Waals surface area contributed by atoms with E-state index in [-0.39, 0.29) is 59.1 Å². The molecule has 1 aliphatic rings. The number of esters is 1. The van der Waals surface area contributed by atoms with Gasteiger partial charge in [-0.25, -0.2) is 4.79 Å². The first-order valence-electron chi connectivity index (χ1n) is 25.2. The minimum Gasteiger partial charge on any atom is -0.506 e. The van der Waals surface area contributed by atoms with Crippen LogP contribution >= 0.6 is 0 Å². The summed E-state index contributed by atoms with van der Waals surface area (Å²) in [5.41, 5.74) is -1.00. The number of para-hydroxylation sites is 3. The number of nitro benzene ring substituents is 1. The van der Waals surface area contributed by atoms with Crippen molar-refractivity contribution in [2.75, 3.05) is 42.0 Å². The van der Waals surface area contributed by atoms with Crippen LogP contribution in [0.3, 0.4) is 0 Å². The van der Waals surface area contributed by atoms with Gasteiger partial charge < -0.3 is 24.6 Å². The quantitative estimate of drug-likeness (QED) is 0.0221. The maximum absolute atomic E-state index is 14.8. The van der Waals surface area contributed by atoms with Crippen LogP contribution in [0.25, 0.3) is 10.8 Å². The van der Waals surface area contributed by atoms with Gasteiger partial charge in [-0.05, 0) is 56.2 Å². The van der Waals surface area contributed by atoms with Crippen molar-refractivity contribution < 1.29 is 43.4 Å². The number of nitrogens with one attached hydrogen (secondary N) is 1. The molecule has 1 heterocycles. The van der Waals surface area contributed by atoms with Gasteiger partial charge >= 0.3 is 12.0 Å². The van der Waals surface area contributed by atoms with E-state index in [0.29, 0.717) is 35.5 Å². The number of amides is 4. The summed E-state index contributed by atoms with van der Waals surface area (Å²) in [6, 6.07) is 26.8. The van der Waals surface area contributed by atoms with Crippen LogP contribution in [-0.4, -0.2) is 65.7 Å². The van der Waals surface area contributed by atoms with Gasteiger partial charge in [-0.1, -0.05) is 152 Å². The van der Waals surface area contributed by atoms with Crippen molar-refractivity contribution in [3.63, 3.8) is 0 Å². The van der Waals surface area contributed by atoms with Gasteiger partial charge in [-0.3, -0.25) is 34.4 Å². The van der Waals surface area contributed by atoms with Crippen LogP contribution in [0.4, 0.5) is 27.5 Å². The van der Waals surface area contributed by atoms with Gasteiger partial charge in [-0.15, -0.1) is 0 Å². The fraction of sp³-hybridized carbons (Fsp3) is 0.429. The molecule has 1 saturated heterocycles. The number of aromatic hydroxyl groups is 1. The van der Waals surface area contributed by atoms with Crippen molar-refractivity contribution in [2.24, 2.45) is 5.41 Å². The van der Waals surface area contributed by atoms with E-state index in [9.17, 15) is 34.4 Å². The molecule has 15 nitrogen and oxygen atoms in total. The van der Waals surface area contributed by atoms with Crippen LogP contribution < -0.4 is 24.7 Å². The highest BCUT2D eigenvalue weighted by atomic mass is 16.6. The predicted octanol–water partition coefficient (Wildman–Crippen LogP) is 13.5. The number of phenolic OH excluding ortho intramolecular Hbond substituents is 1. The first-order chi connectivity index (χ1) is 34.4. The maximum Gasteiger partial charge on any atom is 0.350 e. The molecule has 1 atom stereocenters. The van der Waals surface area contributed by atoms with Crippen molar-refractivity contribution in [3.8, 4) is 23.0 Å². The van der Waals surface area contributed by atoms with Crippen molar-refractivity contribution in [1.82, 2.24) is 5.01 Å². The molecule has 0 bridgehead atoms. The summed E-state index contributed by atoms with van der Waals surface area (Å²) in [4.78, 5) is 68.7. The highest BCUT2D eigenvalue weighted by Gasteiger charge is 2.52. The molecular formula is C56H69N5O10. The third kappa shape index (κ3) is 14.0. The molecule has 0 saturated carbocycles. The summed E-state index contributed by atoms with van der Waals surface area (Å²) < 4.78 is 18.3. The number of hydrogen-bond donors (Lipinski definition) is 2. The summed E-state index contributed by atoms with van der Waals surface area (Å²) in [6.07, 6.45) is 17.3. The minimum absolute atomic E-state index is 0.0175. The Morgan fingerprint density at radius 3 is 2.03 bits per heavy atom. The molecule has 1 fully saturated rings. The smallest absolute Gasteiger partial charge is 0.350 e. The number of phenols is 1. The summed E-state index contributed by atoms with van der Waals surface area (Å²) in [5.74, 6) is -1.52. The number of nitrogens with zero attached hydrogens (tertiary/aromatic N) is 4. The number of hydrogen-bond acceptors (Lipinski definition) is 11.